The molecule has 1 aromatic carbocycles. The molecule has 1 aliphatic rings. The molecule has 7 heteroatoms. The molecule has 1 fully saturated rings. The third-order valence-corrected chi connectivity index (χ3v) is 4.60. The van der Waals surface area contributed by atoms with Crippen molar-refractivity contribution in [2.75, 3.05) is 30.4 Å². The summed E-state index contributed by atoms with van der Waals surface area (Å²) in [5.41, 5.74) is 2.05. The van der Waals surface area contributed by atoms with E-state index in [9.17, 15) is 0 Å². The third-order valence-electron chi connectivity index (χ3n) is 4.36. The van der Waals surface area contributed by atoms with Crippen molar-refractivity contribution in [3.63, 3.8) is 0 Å². The Morgan fingerprint density at radius 3 is 2.58 bits per heavy atom. The maximum absolute atomic E-state index is 5.39. The maximum atomic E-state index is 5.39. The number of hydrogen-bond donors (Lipinski definition) is 2. The summed E-state index contributed by atoms with van der Waals surface area (Å²) in [4.78, 5) is 11.4. The molecule has 3 rings (SSSR count). The van der Waals surface area contributed by atoms with E-state index in [1.54, 1.807) is 7.11 Å². The normalized spacial score (nSPS) is 14.0. The molecule has 0 unspecified atom stereocenters. The van der Waals surface area contributed by atoms with Gasteiger partial charge in [0.15, 0.2) is 5.11 Å². The first-order chi connectivity index (χ1) is 12.6. The summed E-state index contributed by atoms with van der Waals surface area (Å²) in [6.07, 6.45) is 3.73. The standard InChI is InChI=1S/C19H25N5OS/c1-14-12-17(24-10-4-3-5-11-24)22-18(21-14)23-19(26)20-13-15-6-8-16(25-2)9-7-15/h6-9,12H,3-5,10-11,13H2,1-2H3,(H2,20,21,22,23,26). The van der Waals surface area contributed by atoms with Gasteiger partial charge in [0, 0.05) is 31.4 Å². The molecule has 6 nitrogen and oxygen atoms in total. The van der Waals surface area contributed by atoms with Gasteiger partial charge >= 0.3 is 0 Å². The lowest BCUT2D eigenvalue weighted by atomic mass is 10.1. The number of benzene rings is 1. The fourth-order valence-corrected chi connectivity index (χ4v) is 3.13. The number of thiocarbonyl (C=S) groups is 1. The van der Waals surface area contributed by atoms with Crippen LogP contribution < -0.4 is 20.3 Å². The first kappa shape index (κ1) is 18.4. The molecule has 0 atom stereocenters. The van der Waals surface area contributed by atoms with Crippen molar-refractivity contribution in [2.45, 2.75) is 32.7 Å². The van der Waals surface area contributed by atoms with Crippen molar-refractivity contribution in [1.82, 2.24) is 15.3 Å². The highest BCUT2D eigenvalue weighted by molar-refractivity contribution is 7.80. The van der Waals surface area contributed by atoms with Gasteiger partial charge in [-0.25, -0.2) is 4.98 Å². The quantitative estimate of drug-likeness (QED) is 0.782. The third kappa shape index (κ3) is 5.05. The lowest BCUT2D eigenvalue weighted by Gasteiger charge is -2.28. The van der Waals surface area contributed by atoms with E-state index < -0.39 is 0 Å². The van der Waals surface area contributed by atoms with Crippen molar-refractivity contribution < 1.29 is 4.74 Å². The van der Waals surface area contributed by atoms with Crippen LogP contribution in [0, 0.1) is 6.92 Å². The van der Waals surface area contributed by atoms with Gasteiger partial charge in [-0.1, -0.05) is 12.1 Å². The number of hydrogen-bond acceptors (Lipinski definition) is 5. The SMILES string of the molecule is COc1ccc(CNC(=S)Nc2nc(C)cc(N3CCCCC3)n2)cc1. The number of nitrogens with one attached hydrogen (secondary N) is 2. The topological polar surface area (TPSA) is 62.3 Å². The van der Waals surface area contributed by atoms with Crippen molar-refractivity contribution in [3.8, 4) is 5.75 Å². The van der Waals surface area contributed by atoms with Gasteiger partial charge in [0.1, 0.15) is 11.6 Å². The van der Waals surface area contributed by atoms with E-state index in [-0.39, 0.29) is 0 Å². The van der Waals surface area contributed by atoms with Crippen LogP contribution in [0.2, 0.25) is 0 Å². The molecule has 0 amide bonds. The van der Waals surface area contributed by atoms with Gasteiger partial charge in [0.2, 0.25) is 5.95 Å². The van der Waals surface area contributed by atoms with Crippen LogP contribution in [0.3, 0.4) is 0 Å². The number of ether oxygens (including phenoxy) is 1. The van der Waals surface area contributed by atoms with Crippen LogP contribution in [0.25, 0.3) is 0 Å². The summed E-state index contributed by atoms with van der Waals surface area (Å²) in [7, 11) is 1.66. The Morgan fingerprint density at radius 1 is 1.15 bits per heavy atom. The molecule has 1 aromatic heterocycles. The predicted octanol–water partition coefficient (Wildman–Crippen LogP) is 3.27. The molecule has 26 heavy (non-hydrogen) atoms. The number of piperidine rings is 1. The second-order valence-corrected chi connectivity index (χ2v) is 6.80. The highest BCUT2D eigenvalue weighted by atomic mass is 32.1. The van der Waals surface area contributed by atoms with Crippen LogP contribution in [-0.2, 0) is 6.54 Å². The molecular formula is C19H25N5OS. The van der Waals surface area contributed by atoms with Gasteiger partial charge in [-0.2, -0.15) is 4.98 Å². The second-order valence-electron chi connectivity index (χ2n) is 6.39. The molecule has 0 saturated carbocycles. The van der Waals surface area contributed by atoms with Crippen molar-refractivity contribution in [1.29, 1.82) is 0 Å². The molecular weight excluding hydrogens is 346 g/mol. The number of nitrogens with zero attached hydrogens (tertiary/aromatic N) is 3. The van der Waals surface area contributed by atoms with Gasteiger partial charge in [0.25, 0.3) is 0 Å². The van der Waals surface area contributed by atoms with Crippen molar-refractivity contribution >= 4 is 29.1 Å². The second kappa shape index (κ2) is 8.80. The summed E-state index contributed by atoms with van der Waals surface area (Å²) >= 11 is 5.39. The highest BCUT2D eigenvalue weighted by Gasteiger charge is 2.14. The number of methoxy groups -OCH3 is 1. The van der Waals surface area contributed by atoms with Gasteiger partial charge in [-0.15, -0.1) is 0 Å². The van der Waals surface area contributed by atoms with Crippen LogP contribution in [-0.4, -0.2) is 35.3 Å². The maximum Gasteiger partial charge on any atom is 0.231 e. The fraction of sp³-hybridized carbons (Fsp3) is 0.421. The average molecular weight is 372 g/mol. The van der Waals surface area contributed by atoms with Crippen molar-refractivity contribution in [3.05, 3.63) is 41.6 Å². The Hall–Kier alpha value is -2.41. The highest BCUT2D eigenvalue weighted by Crippen LogP contribution is 2.19. The van der Waals surface area contributed by atoms with E-state index >= 15 is 0 Å². The Kier molecular flexibility index (Phi) is 6.22. The van der Waals surface area contributed by atoms with E-state index in [2.05, 4.69) is 25.5 Å². The van der Waals surface area contributed by atoms with Gasteiger partial charge in [-0.3, -0.25) is 0 Å². The molecule has 1 aliphatic heterocycles. The zero-order valence-electron chi connectivity index (χ0n) is 15.3. The molecule has 0 aliphatic carbocycles. The number of anilines is 2. The molecule has 138 valence electrons. The Balaban J connectivity index is 1.58. The number of rotatable bonds is 5. The van der Waals surface area contributed by atoms with Crippen LogP contribution >= 0.6 is 12.2 Å². The van der Waals surface area contributed by atoms with E-state index in [1.165, 1.54) is 19.3 Å². The fourth-order valence-electron chi connectivity index (χ4n) is 2.96. The lowest BCUT2D eigenvalue weighted by Crippen LogP contribution is -2.32. The van der Waals surface area contributed by atoms with Gasteiger partial charge in [-0.05, 0) is 56.1 Å². The zero-order chi connectivity index (χ0) is 18.4. The van der Waals surface area contributed by atoms with E-state index in [1.807, 2.05) is 37.3 Å². The largest absolute Gasteiger partial charge is 0.497 e. The molecule has 2 N–H and O–H groups in total. The van der Waals surface area contributed by atoms with E-state index in [0.29, 0.717) is 17.6 Å². The monoisotopic (exact) mass is 371 g/mol. The van der Waals surface area contributed by atoms with Crippen molar-refractivity contribution in [2.24, 2.45) is 0 Å². The van der Waals surface area contributed by atoms with Crippen LogP contribution in [0.1, 0.15) is 30.5 Å². The summed E-state index contributed by atoms with van der Waals surface area (Å²) < 4.78 is 5.17. The zero-order valence-corrected chi connectivity index (χ0v) is 16.1. The first-order valence-electron chi connectivity index (χ1n) is 8.92. The molecule has 0 spiro atoms. The van der Waals surface area contributed by atoms with E-state index in [0.717, 1.165) is 35.9 Å². The van der Waals surface area contributed by atoms with Crippen LogP contribution in [0.4, 0.5) is 11.8 Å². The van der Waals surface area contributed by atoms with Gasteiger partial charge < -0.3 is 20.3 Å². The summed E-state index contributed by atoms with van der Waals surface area (Å²) in [5.74, 6) is 2.35. The number of aromatic nitrogens is 2. The number of aryl methyl sites for hydroxylation is 1. The molecule has 2 heterocycles. The Bertz CT molecular complexity index is 744. The first-order valence-corrected chi connectivity index (χ1v) is 9.33. The predicted molar refractivity (Wildman–Crippen MR) is 109 cm³/mol. The summed E-state index contributed by atoms with van der Waals surface area (Å²) in [5, 5.41) is 6.80. The molecule has 2 aromatic rings. The minimum absolute atomic E-state index is 0.510. The summed E-state index contributed by atoms with van der Waals surface area (Å²) in [6, 6.07) is 9.91. The Morgan fingerprint density at radius 2 is 1.88 bits per heavy atom. The lowest BCUT2D eigenvalue weighted by molar-refractivity contribution is 0.414. The molecule has 1 saturated heterocycles. The molecule has 0 radical (unpaired) electrons. The Labute approximate surface area is 160 Å². The summed E-state index contributed by atoms with van der Waals surface area (Å²) in [6.45, 7) is 4.71. The minimum atomic E-state index is 0.510. The van der Waals surface area contributed by atoms with E-state index in [4.69, 9.17) is 17.0 Å². The smallest absolute Gasteiger partial charge is 0.231 e. The minimum Gasteiger partial charge on any atom is -0.497 e. The van der Waals surface area contributed by atoms with Gasteiger partial charge in [0.05, 0.1) is 7.11 Å². The van der Waals surface area contributed by atoms with Crippen LogP contribution in [0.15, 0.2) is 30.3 Å². The molecule has 0 bridgehead atoms. The average Bonchev–Trinajstić information content (AvgIpc) is 2.67. The van der Waals surface area contributed by atoms with Crippen LogP contribution in [0.5, 0.6) is 5.75 Å².